The Morgan fingerprint density at radius 2 is 1.75 bits per heavy atom. The number of allylic oxidation sites excluding steroid dienone is 3. The molecule has 0 bridgehead atoms. The fourth-order valence-corrected chi connectivity index (χ4v) is 0.945. The summed E-state index contributed by atoms with van der Waals surface area (Å²) < 4.78 is 0. The zero-order chi connectivity index (χ0) is 8.81. The first-order valence-electron chi connectivity index (χ1n) is 3.71. The first-order chi connectivity index (χ1) is 5.83. The van der Waals surface area contributed by atoms with Crippen molar-refractivity contribution >= 4 is 17.7 Å². The van der Waals surface area contributed by atoms with Crippen LogP contribution in [0, 0.1) is 6.92 Å². The molecule has 1 rings (SSSR count). The second-order valence-corrected chi connectivity index (χ2v) is 2.78. The van der Waals surface area contributed by atoms with Crippen molar-refractivity contribution in [3.05, 3.63) is 60.0 Å². The van der Waals surface area contributed by atoms with Crippen molar-refractivity contribution in [3.8, 4) is 0 Å². The topological polar surface area (TPSA) is 0 Å². The normalized spacial score (nSPS) is 11.5. The molecule has 0 saturated carbocycles. The van der Waals surface area contributed by atoms with E-state index in [9.17, 15) is 0 Å². The molecule has 0 N–H and O–H groups in total. The summed E-state index contributed by atoms with van der Waals surface area (Å²) in [6, 6.07) is 7.68. The van der Waals surface area contributed by atoms with Crippen LogP contribution in [0.1, 0.15) is 5.56 Å². The molecule has 0 unspecified atom stereocenters. The predicted octanol–water partition coefficient (Wildman–Crippen LogP) is 3.74. The van der Waals surface area contributed by atoms with Crippen LogP contribution in [0.25, 0.3) is 6.08 Å². The van der Waals surface area contributed by atoms with E-state index in [1.54, 1.807) is 6.08 Å². The summed E-state index contributed by atoms with van der Waals surface area (Å²) >= 11 is 5.72. The zero-order valence-corrected chi connectivity index (χ0v) is 7.46. The number of benzene rings is 1. The van der Waals surface area contributed by atoms with Crippen molar-refractivity contribution in [1.82, 2.24) is 0 Å². The lowest BCUT2D eigenvalue weighted by Crippen LogP contribution is -1.68. The minimum absolute atomic E-state index is 0.764. The minimum Gasteiger partial charge on any atom is -0.0843 e. The summed E-state index contributed by atoms with van der Waals surface area (Å²) in [5.74, 6) is 0. The highest BCUT2D eigenvalue weighted by Crippen LogP contribution is 2.10. The Bertz CT molecular complexity index is 280. The molecule has 61 valence electrons. The Labute approximate surface area is 78.2 Å². The molecule has 0 aromatic heterocycles. The lowest BCUT2D eigenvalue weighted by molar-refractivity contribution is 1.66. The standard InChI is InChI=1S/C11H10Cl/c1-2-3-4-5-10-6-8-11(12)9-7-10/h2-9H,1H2. The molecule has 0 aliphatic heterocycles. The maximum Gasteiger partial charge on any atom is 0.0406 e. The smallest absolute Gasteiger partial charge is 0.0406 e. The molecular weight excluding hydrogens is 168 g/mol. The minimum atomic E-state index is 0.764. The maximum atomic E-state index is 5.72. The van der Waals surface area contributed by atoms with Gasteiger partial charge in [-0.05, 0) is 24.6 Å². The van der Waals surface area contributed by atoms with Crippen LogP contribution < -0.4 is 0 Å². The Morgan fingerprint density at radius 3 is 2.33 bits per heavy atom. The molecule has 0 atom stereocenters. The summed E-state index contributed by atoms with van der Waals surface area (Å²) in [6.07, 6.45) is 7.56. The van der Waals surface area contributed by atoms with Gasteiger partial charge in [-0.1, -0.05) is 48.0 Å². The fraction of sp³-hybridized carbons (Fsp3) is 0. The Balaban J connectivity index is 2.70. The highest BCUT2D eigenvalue weighted by atomic mass is 35.5. The number of halogens is 1. The van der Waals surface area contributed by atoms with Gasteiger partial charge in [0.1, 0.15) is 0 Å². The monoisotopic (exact) mass is 177 g/mol. The van der Waals surface area contributed by atoms with Crippen molar-refractivity contribution in [1.29, 1.82) is 0 Å². The van der Waals surface area contributed by atoms with E-state index in [-0.39, 0.29) is 0 Å². The zero-order valence-electron chi connectivity index (χ0n) is 6.70. The largest absolute Gasteiger partial charge is 0.0843 e. The molecule has 1 aromatic carbocycles. The van der Waals surface area contributed by atoms with Gasteiger partial charge in [0, 0.05) is 5.02 Å². The summed E-state index contributed by atoms with van der Waals surface area (Å²) in [6.45, 7) is 3.58. The molecule has 1 aromatic rings. The Kier molecular flexibility index (Phi) is 3.62. The van der Waals surface area contributed by atoms with E-state index in [2.05, 4.69) is 6.92 Å². The molecule has 0 amide bonds. The second-order valence-electron chi connectivity index (χ2n) is 2.34. The third-order valence-electron chi connectivity index (χ3n) is 1.41. The molecule has 0 saturated heterocycles. The molecule has 0 fully saturated rings. The van der Waals surface area contributed by atoms with E-state index in [1.807, 2.05) is 42.5 Å². The van der Waals surface area contributed by atoms with Crippen LogP contribution in [0.4, 0.5) is 0 Å². The molecule has 1 heteroatoms. The maximum absolute atomic E-state index is 5.72. The van der Waals surface area contributed by atoms with E-state index in [0.717, 1.165) is 10.6 Å². The van der Waals surface area contributed by atoms with Gasteiger partial charge in [-0.25, -0.2) is 0 Å². The molecule has 0 spiro atoms. The van der Waals surface area contributed by atoms with E-state index < -0.39 is 0 Å². The summed E-state index contributed by atoms with van der Waals surface area (Å²) in [7, 11) is 0. The first-order valence-corrected chi connectivity index (χ1v) is 4.09. The van der Waals surface area contributed by atoms with Gasteiger partial charge < -0.3 is 0 Å². The van der Waals surface area contributed by atoms with Crippen molar-refractivity contribution in [3.63, 3.8) is 0 Å². The van der Waals surface area contributed by atoms with Gasteiger partial charge in [-0.3, -0.25) is 0 Å². The summed E-state index contributed by atoms with van der Waals surface area (Å²) in [4.78, 5) is 0. The second kappa shape index (κ2) is 4.78. The van der Waals surface area contributed by atoms with Crippen LogP contribution in [-0.4, -0.2) is 0 Å². The van der Waals surface area contributed by atoms with Gasteiger partial charge in [0.15, 0.2) is 0 Å². The van der Waals surface area contributed by atoms with E-state index in [1.165, 1.54) is 0 Å². The molecule has 0 aliphatic carbocycles. The quantitative estimate of drug-likeness (QED) is 0.604. The molecule has 1 radical (unpaired) electrons. The lowest BCUT2D eigenvalue weighted by Gasteiger charge is -1.91. The summed E-state index contributed by atoms with van der Waals surface area (Å²) in [5, 5.41) is 0.764. The molecule has 0 nitrogen and oxygen atoms in total. The number of rotatable bonds is 2. The third-order valence-corrected chi connectivity index (χ3v) is 1.66. The van der Waals surface area contributed by atoms with Crippen LogP contribution in [-0.2, 0) is 0 Å². The molecular formula is C11H10Cl. The van der Waals surface area contributed by atoms with Gasteiger partial charge in [0.25, 0.3) is 0 Å². The van der Waals surface area contributed by atoms with Crippen LogP contribution in [0.2, 0.25) is 5.02 Å². The fourth-order valence-electron chi connectivity index (χ4n) is 0.819. The van der Waals surface area contributed by atoms with E-state index >= 15 is 0 Å². The predicted molar refractivity (Wildman–Crippen MR) is 55.0 cm³/mol. The van der Waals surface area contributed by atoms with Crippen LogP contribution in [0.5, 0.6) is 0 Å². The van der Waals surface area contributed by atoms with Crippen LogP contribution in [0.15, 0.2) is 42.5 Å². The molecule has 0 aliphatic rings. The highest BCUT2D eigenvalue weighted by molar-refractivity contribution is 6.30. The van der Waals surface area contributed by atoms with Gasteiger partial charge in [0.2, 0.25) is 0 Å². The lowest BCUT2D eigenvalue weighted by atomic mass is 10.2. The van der Waals surface area contributed by atoms with Crippen molar-refractivity contribution in [2.45, 2.75) is 0 Å². The van der Waals surface area contributed by atoms with Crippen LogP contribution >= 0.6 is 11.6 Å². The Morgan fingerprint density at radius 1 is 1.08 bits per heavy atom. The van der Waals surface area contributed by atoms with Crippen molar-refractivity contribution < 1.29 is 0 Å². The Hall–Kier alpha value is -1.01. The number of hydrogen-bond donors (Lipinski definition) is 0. The number of hydrogen-bond acceptors (Lipinski definition) is 0. The van der Waals surface area contributed by atoms with Gasteiger partial charge in [-0.2, -0.15) is 0 Å². The van der Waals surface area contributed by atoms with Gasteiger partial charge >= 0.3 is 0 Å². The van der Waals surface area contributed by atoms with Gasteiger partial charge in [-0.15, -0.1) is 0 Å². The van der Waals surface area contributed by atoms with Crippen LogP contribution in [0.3, 0.4) is 0 Å². The van der Waals surface area contributed by atoms with E-state index in [4.69, 9.17) is 11.6 Å². The van der Waals surface area contributed by atoms with E-state index in [0.29, 0.717) is 0 Å². The summed E-state index contributed by atoms with van der Waals surface area (Å²) in [5.41, 5.74) is 1.14. The molecule has 12 heavy (non-hydrogen) atoms. The van der Waals surface area contributed by atoms with Crippen molar-refractivity contribution in [2.24, 2.45) is 0 Å². The highest BCUT2D eigenvalue weighted by Gasteiger charge is 1.85. The first kappa shape index (κ1) is 9.08. The van der Waals surface area contributed by atoms with Crippen molar-refractivity contribution in [2.75, 3.05) is 0 Å². The third kappa shape index (κ3) is 2.93. The van der Waals surface area contributed by atoms with Gasteiger partial charge in [0.05, 0.1) is 0 Å². The average molecular weight is 178 g/mol. The SMILES string of the molecule is [CH2]C=CC=Cc1ccc(Cl)cc1. The average Bonchev–Trinajstić information content (AvgIpc) is 2.09. The molecule has 0 heterocycles.